The molecule has 0 atom stereocenters. The van der Waals surface area contributed by atoms with Crippen LogP contribution in [0.25, 0.3) is 0 Å². The van der Waals surface area contributed by atoms with Gasteiger partial charge < -0.3 is 4.74 Å². The molecule has 0 aromatic rings. The van der Waals surface area contributed by atoms with Gasteiger partial charge in [0.2, 0.25) is 0 Å². The highest BCUT2D eigenvalue weighted by molar-refractivity contribution is 5.14. The average molecular weight is 126 g/mol. The van der Waals surface area contributed by atoms with Gasteiger partial charge in [-0.1, -0.05) is 6.92 Å². The van der Waals surface area contributed by atoms with Crippen molar-refractivity contribution < 1.29 is 4.74 Å². The highest BCUT2D eigenvalue weighted by atomic mass is 16.5. The molecular weight excluding hydrogens is 112 g/mol. The smallest absolute Gasteiger partial charge is 0.0944 e. The standard InChI is InChI=1S/C8H14O/c1-3-8(9-2)7-5-4-6-7/h3-6H2,1-2H3. The quantitative estimate of drug-likeness (QED) is 0.516. The van der Waals surface area contributed by atoms with Gasteiger partial charge in [-0.25, -0.2) is 0 Å². The minimum Gasteiger partial charge on any atom is -0.501 e. The largest absolute Gasteiger partial charge is 0.501 e. The van der Waals surface area contributed by atoms with E-state index in [9.17, 15) is 0 Å². The van der Waals surface area contributed by atoms with E-state index in [1.54, 1.807) is 12.7 Å². The van der Waals surface area contributed by atoms with Crippen LogP contribution in [0.3, 0.4) is 0 Å². The van der Waals surface area contributed by atoms with Crippen LogP contribution in [0, 0.1) is 0 Å². The molecule has 1 saturated carbocycles. The third-order valence-electron chi connectivity index (χ3n) is 1.92. The highest BCUT2D eigenvalue weighted by Gasteiger charge is 2.13. The van der Waals surface area contributed by atoms with E-state index in [0.717, 1.165) is 6.42 Å². The van der Waals surface area contributed by atoms with Gasteiger partial charge in [0.1, 0.15) is 0 Å². The van der Waals surface area contributed by atoms with Crippen LogP contribution in [-0.4, -0.2) is 7.11 Å². The van der Waals surface area contributed by atoms with Crippen LogP contribution in [0.1, 0.15) is 32.6 Å². The summed E-state index contributed by atoms with van der Waals surface area (Å²) < 4.78 is 5.18. The molecule has 0 amide bonds. The number of hydrogen-bond acceptors (Lipinski definition) is 1. The van der Waals surface area contributed by atoms with Gasteiger partial charge in [0.15, 0.2) is 0 Å². The maximum Gasteiger partial charge on any atom is 0.0944 e. The number of ether oxygens (including phenoxy) is 1. The van der Waals surface area contributed by atoms with Gasteiger partial charge in [0.25, 0.3) is 0 Å². The van der Waals surface area contributed by atoms with Crippen LogP contribution < -0.4 is 0 Å². The summed E-state index contributed by atoms with van der Waals surface area (Å²) in [5.74, 6) is 1.22. The van der Waals surface area contributed by atoms with Crippen LogP contribution in [0.15, 0.2) is 11.3 Å². The van der Waals surface area contributed by atoms with Crippen molar-refractivity contribution >= 4 is 0 Å². The van der Waals surface area contributed by atoms with Crippen molar-refractivity contribution in [3.05, 3.63) is 11.3 Å². The second-order valence-corrected chi connectivity index (χ2v) is 2.44. The van der Waals surface area contributed by atoms with Gasteiger partial charge in [-0.3, -0.25) is 0 Å². The Labute approximate surface area is 56.7 Å². The number of hydrogen-bond donors (Lipinski definition) is 0. The van der Waals surface area contributed by atoms with E-state index in [2.05, 4.69) is 6.92 Å². The predicted octanol–water partition coefficient (Wildman–Crippen LogP) is 2.48. The van der Waals surface area contributed by atoms with Crippen molar-refractivity contribution in [3.8, 4) is 0 Å². The molecule has 0 spiro atoms. The van der Waals surface area contributed by atoms with E-state index >= 15 is 0 Å². The normalized spacial score (nSPS) is 16.9. The second kappa shape index (κ2) is 2.90. The fraction of sp³-hybridized carbons (Fsp3) is 0.750. The lowest BCUT2D eigenvalue weighted by molar-refractivity contribution is 0.267. The van der Waals surface area contributed by atoms with Crippen molar-refractivity contribution in [2.45, 2.75) is 32.6 Å². The van der Waals surface area contributed by atoms with Crippen molar-refractivity contribution in [2.24, 2.45) is 0 Å². The van der Waals surface area contributed by atoms with Crippen LogP contribution >= 0.6 is 0 Å². The number of rotatable bonds is 2. The monoisotopic (exact) mass is 126 g/mol. The molecule has 0 aromatic heterocycles. The summed E-state index contributed by atoms with van der Waals surface area (Å²) in [6, 6.07) is 0. The van der Waals surface area contributed by atoms with E-state index in [1.165, 1.54) is 25.0 Å². The molecule has 1 nitrogen and oxygen atoms in total. The van der Waals surface area contributed by atoms with E-state index in [-0.39, 0.29) is 0 Å². The van der Waals surface area contributed by atoms with Crippen molar-refractivity contribution in [2.75, 3.05) is 7.11 Å². The average Bonchev–Trinajstić information content (AvgIpc) is 1.78. The highest BCUT2D eigenvalue weighted by Crippen LogP contribution is 2.29. The molecule has 0 radical (unpaired) electrons. The molecule has 0 heterocycles. The maximum absolute atomic E-state index is 5.18. The molecule has 9 heavy (non-hydrogen) atoms. The summed E-state index contributed by atoms with van der Waals surface area (Å²) in [5.41, 5.74) is 1.54. The third-order valence-corrected chi connectivity index (χ3v) is 1.92. The molecule has 0 N–H and O–H groups in total. The Balaban J connectivity index is 2.51. The molecule has 0 saturated heterocycles. The van der Waals surface area contributed by atoms with Crippen molar-refractivity contribution in [1.29, 1.82) is 0 Å². The maximum atomic E-state index is 5.18. The molecule has 0 aromatic carbocycles. The summed E-state index contributed by atoms with van der Waals surface area (Å²) in [5, 5.41) is 0. The van der Waals surface area contributed by atoms with Crippen LogP contribution in [0.4, 0.5) is 0 Å². The molecule has 1 heteroatoms. The first-order valence-electron chi connectivity index (χ1n) is 3.63. The SMILES string of the molecule is CCC(OC)=C1CCC1. The Kier molecular flexibility index (Phi) is 2.15. The summed E-state index contributed by atoms with van der Waals surface area (Å²) in [6.07, 6.45) is 4.97. The van der Waals surface area contributed by atoms with Crippen LogP contribution in [0.2, 0.25) is 0 Å². The molecule has 1 aliphatic rings. The third kappa shape index (κ3) is 1.26. The Morgan fingerprint density at radius 1 is 1.56 bits per heavy atom. The summed E-state index contributed by atoms with van der Waals surface area (Å²) in [7, 11) is 1.77. The molecular formula is C8H14O. The van der Waals surface area contributed by atoms with E-state index in [0.29, 0.717) is 0 Å². The van der Waals surface area contributed by atoms with Crippen LogP contribution in [0.5, 0.6) is 0 Å². The fourth-order valence-electron chi connectivity index (χ4n) is 1.17. The zero-order valence-electron chi connectivity index (χ0n) is 6.24. The molecule has 0 aliphatic heterocycles. The van der Waals surface area contributed by atoms with Gasteiger partial charge in [-0.2, -0.15) is 0 Å². The molecule has 52 valence electrons. The first kappa shape index (κ1) is 6.66. The van der Waals surface area contributed by atoms with E-state index in [1.807, 2.05) is 0 Å². The number of methoxy groups -OCH3 is 1. The fourth-order valence-corrected chi connectivity index (χ4v) is 1.17. The molecule has 1 aliphatic carbocycles. The summed E-state index contributed by atoms with van der Waals surface area (Å²) in [4.78, 5) is 0. The zero-order chi connectivity index (χ0) is 6.69. The lowest BCUT2D eigenvalue weighted by atomic mass is 9.91. The summed E-state index contributed by atoms with van der Waals surface area (Å²) in [6.45, 7) is 2.14. The predicted molar refractivity (Wildman–Crippen MR) is 38.2 cm³/mol. The molecule has 0 bridgehead atoms. The number of allylic oxidation sites excluding steroid dienone is 2. The minimum absolute atomic E-state index is 1.06. The van der Waals surface area contributed by atoms with Gasteiger partial charge in [-0.15, -0.1) is 0 Å². The van der Waals surface area contributed by atoms with Gasteiger partial charge in [-0.05, 0) is 24.8 Å². The van der Waals surface area contributed by atoms with Gasteiger partial charge >= 0.3 is 0 Å². The van der Waals surface area contributed by atoms with Crippen molar-refractivity contribution in [3.63, 3.8) is 0 Å². The topological polar surface area (TPSA) is 9.23 Å². The van der Waals surface area contributed by atoms with Gasteiger partial charge in [0.05, 0.1) is 12.9 Å². The summed E-state index contributed by atoms with van der Waals surface area (Å²) >= 11 is 0. The van der Waals surface area contributed by atoms with Crippen LogP contribution in [-0.2, 0) is 4.74 Å². The second-order valence-electron chi connectivity index (χ2n) is 2.44. The minimum atomic E-state index is 1.06. The molecule has 1 rings (SSSR count). The zero-order valence-corrected chi connectivity index (χ0v) is 6.24. The first-order valence-corrected chi connectivity index (χ1v) is 3.63. The van der Waals surface area contributed by atoms with Gasteiger partial charge in [0, 0.05) is 6.42 Å². The van der Waals surface area contributed by atoms with Crippen molar-refractivity contribution in [1.82, 2.24) is 0 Å². The Bertz CT molecular complexity index is 113. The Morgan fingerprint density at radius 3 is 2.33 bits per heavy atom. The lowest BCUT2D eigenvalue weighted by Gasteiger charge is -2.19. The first-order chi connectivity index (χ1) is 4.38. The Morgan fingerprint density at radius 2 is 2.22 bits per heavy atom. The Hall–Kier alpha value is -0.460. The molecule has 1 fully saturated rings. The lowest BCUT2D eigenvalue weighted by Crippen LogP contribution is -2.02. The van der Waals surface area contributed by atoms with E-state index < -0.39 is 0 Å². The van der Waals surface area contributed by atoms with E-state index in [4.69, 9.17) is 4.74 Å². The molecule has 0 unspecified atom stereocenters.